The summed E-state index contributed by atoms with van der Waals surface area (Å²) >= 11 is 0. The molecular formula is C14H27B3OS. The van der Waals surface area contributed by atoms with E-state index in [0.717, 1.165) is 19.3 Å². The van der Waals surface area contributed by atoms with Crippen molar-refractivity contribution in [3.8, 4) is 0 Å². The smallest absolute Gasteiger partial charge is 0.0510 e. The molecule has 0 amide bonds. The topological polar surface area (TPSA) is 17.1 Å². The third-order valence-corrected chi connectivity index (χ3v) is 7.25. The Morgan fingerprint density at radius 2 is 1.58 bits per heavy atom. The quantitative estimate of drug-likeness (QED) is 0.623. The van der Waals surface area contributed by atoms with E-state index in [9.17, 15) is 4.21 Å². The van der Waals surface area contributed by atoms with Crippen LogP contribution in [0.2, 0.25) is 5.11 Å². The molecule has 104 valence electrons. The van der Waals surface area contributed by atoms with Crippen molar-refractivity contribution in [1.29, 1.82) is 0 Å². The van der Waals surface area contributed by atoms with Crippen molar-refractivity contribution in [2.45, 2.75) is 70.7 Å². The Morgan fingerprint density at radius 3 is 1.95 bits per heavy atom. The highest BCUT2D eigenvalue weighted by Crippen LogP contribution is 2.39. The van der Waals surface area contributed by atoms with Crippen LogP contribution in [0.3, 0.4) is 0 Å². The van der Waals surface area contributed by atoms with Crippen LogP contribution in [-0.2, 0) is 10.8 Å². The van der Waals surface area contributed by atoms with Crippen LogP contribution in [0.1, 0.15) is 60.8 Å². The molecule has 19 heavy (non-hydrogen) atoms. The zero-order chi connectivity index (χ0) is 15.5. The Morgan fingerprint density at radius 1 is 1.11 bits per heavy atom. The van der Waals surface area contributed by atoms with Gasteiger partial charge in [0.2, 0.25) is 0 Å². The Hall–Kier alpha value is 0.345. The van der Waals surface area contributed by atoms with Crippen LogP contribution < -0.4 is 0 Å². The van der Waals surface area contributed by atoms with E-state index in [-0.39, 0.29) is 16.1 Å². The van der Waals surface area contributed by atoms with Gasteiger partial charge in [-0.05, 0) is 32.1 Å². The summed E-state index contributed by atoms with van der Waals surface area (Å²) < 4.78 is 12.3. The summed E-state index contributed by atoms with van der Waals surface area (Å²) in [6.07, 6.45) is 2.65. The van der Waals surface area contributed by atoms with Crippen molar-refractivity contribution in [3.05, 3.63) is 0 Å². The van der Waals surface area contributed by atoms with E-state index in [1.165, 1.54) is 0 Å². The molecular weight excluding hydrogens is 249 g/mol. The van der Waals surface area contributed by atoms with Crippen molar-refractivity contribution >= 4 is 34.3 Å². The number of hydrogen-bond donors (Lipinski definition) is 0. The van der Waals surface area contributed by atoms with Gasteiger partial charge in [-0.25, -0.2) is 0 Å². The SMILES string of the molecule is [B]C([B])([B])C(C)CCCS(=O)C(C)(C)C(C)(C)CC. The van der Waals surface area contributed by atoms with E-state index in [1.807, 2.05) is 6.92 Å². The molecule has 0 aliphatic rings. The summed E-state index contributed by atoms with van der Waals surface area (Å²) in [5.41, 5.74) is 0.0584. The highest BCUT2D eigenvalue weighted by atomic mass is 32.2. The first-order valence-corrected chi connectivity index (χ1v) is 8.43. The fraction of sp³-hybridized carbons (Fsp3) is 1.00. The maximum Gasteiger partial charge on any atom is 0.0510 e. The minimum atomic E-state index is -1.14. The molecule has 1 nitrogen and oxygen atoms in total. The molecule has 0 bridgehead atoms. The van der Waals surface area contributed by atoms with Crippen LogP contribution in [0.15, 0.2) is 0 Å². The molecule has 0 heterocycles. The Bertz CT molecular complexity index is 308. The third-order valence-electron chi connectivity index (χ3n) is 4.90. The van der Waals surface area contributed by atoms with Gasteiger partial charge < -0.3 is 0 Å². The van der Waals surface area contributed by atoms with Crippen molar-refractivity contribution in [3.63, 3.8) is 0 Å². The predicted molar refractivity (Wildman–Crippen MR) is 89.5 cm³/mol. The first-order valence-electron chi connectivity index (χ1n) is 7.11. The van der Waals surface area contributed by atoms with Gasteiger partial charge in [-0.2, -0.15) is 0 Å². The number of rotatable bonds is 8. The Kier molecular flexibility index (Phi) is 6.99. The molecule has 0 aromatic heterocycles. The second kappa shape index (κ2) is 6.87. The van der Waals surface area contributed by atoms with Gasteiger partial charge in [0.1, 0.15) is 0 Å². The molecule has 2 atom stereocenters. The molecule has 0 aliphatic heterocycles. The lowest BCUT2D eigenvalue weighted by molar-refractivity contribution is 0.266. The van der Waals surface area contributed by atoms with Crippen molar-refractivity contribution in [1.82, 2.24) is 0 Å². The second-order valence-electron chi connectivity index (χ2n) is 6.84. The lowest BCUT2D eigenvalue weighted by Gasteiger charge is -2.40. The van der Waals surface area contributed by atoms with E-state index in [0.29, 0.717) is 5.75 Å². The van der Waals surface area contributed by atoms with Crippen molar-refractivity contribution in [2.75, 3.05) is 5.75 Å². The third kappa shape index (κ3) is 5.32. The Balaban J connectivity index is 4.41. The monoisotopic (exact) mass is 276 g/mol. The van der Waals surface area contributed by atoms with E-state index >= 15 is 0 Å². The zero-order valence-electron chi connectivity index (χ0n) is 13.5. The molecule has 0 fully saturated rings. The van der Waals surface area contributed by atoms with Crippen LogP contribution in [0.4, 0.5) is 0 Å². The molecule has 0 rings (SSSR count). The zero-order valence-corrected chi connectivity index (χ0v) is 14.3. The highest BCUT2D eigenvalue weighted by Gasteiger charge is 2.40. The summed E-state index contributed by atoms with van der Waals surface area (Å²) in [4.78, 5) is 0. The number of hydrogen-bond acceptors (Lipinski definition) is 1. The maximum atomic E-state index is 12.5. The average Bonchev–Trinajstić information content (AvgIpc) is 2.26. The van der Waals surface area contributed by atoms with Crippen LogP contribution in [-0.4, -0.2) is 38.2 Å². The van der Waals surface area contributed by atoms with Crippen LogP contribution in [0, 0.1) is 11.3 Å². The first-order chi connectivity index (χ1) is 8.36. The van der Waals surface area contributed by atoms with Gasteiger partial charge in [0.15, 0.2) is 0 Å². The fourth-order valence-corrected chi connectivity index (χ4v) is 3.46. The minimum absolute atomic E-state index is 0.0202. The summed E-state index contributed by atoms with van der Waals surface area (Å²) in [7, 11) is 16.1. The van der Waals surface area contributed by atoms with Gasteiger partial charge in [-0.15, -0.1) is 5.11 Å². The van der Waals surface area contributed by atoms with Crippen LogP contribution >= 0.6 is 0 Å². The van der Waals surface area contributed by atoms with Gasteiger partial charge in [-0.1, -0.05) is 40.0 Å². The van der Waals surface area contributed by atoms with Gasteiger partial charge in [0.05, 0.1) is 23.5 Å². The molecule has 6 radical (unpaired) electrons. The summed E-state index contributed by atoms with van der Waals surface area (Å²) in [5, 5.41) is -1.14. The van der Waals surface area contributed by atoms with E-state index in [2.05, 4.69) is 34.6 Å². The second-order valence-corrected chi connectivity index (χ2v) is 8.96. The van der Waals surface area contributed by atoms with E-state index < -0.39 is 15.9 Å². The molecule has 0 saturated heterocycles. The fourth-order valence-electron chi connectivity index (χ4n) is 1.76. The van der Waals surface area contributed by atoms with Crippen molar-refractivity contribution in [2.24, 2.45) is 11.3 Å². The van der Waals surface area contributed by atoms with Crippen LogP contribution in [0.5, 0.6) is 0 Å². The molecule has 0 saturated carbocycles. The normalized spacial score (nSPS) is 17.2. The molecule has 0 aromatic rings. The standard InChI is InChI=1S/C14H27B3OS/c1-7-12(3,4)13(5,6)19(18)10-8-9-11(2)14(15,16)17/h11H,7-10H2,1-6H3. The lowest BCUT2D eigenvalue weighted by Crippen LogP contribution is -2.43. The summed E-state index contributed by atoms with van der Waals surface area (Å²) in [6.45, 7) is 12.6. The summed E-state index contributed by atoms with van der Waals surface area (Å²) in [6, 6.07) is 0. The molecule has 5 heteroatoms. The largest absolute Gasteiger partial charge is 0.259 e. The first kappa shape index (κ1) is 19.3. The Labute approximate surface area is 126 Å². The highest BCUT2D eigenvalue weighted by molar-refractivity contribution is 7.86. The molecule has 2 unspecified atom stereocenters. The van der Waals surface area contributed by atoms with Gasteiger partial charge in [0.25, 0.3) is 0 Å². The summed E-state index contributed by atoms with van der Waals surface area (Å²) in [5.74, 6) is 0.698. The molecule has 0 aliphatic carbocycles. The molecule has 0 N–H and O–H groups in total. The van der Waals surface area contributed by atoms with E-state index in [1.54, 1.807) is 0 Å². The van der Waals surface area contributed by atoms with Gasteiger partial charge in [0, 0.05) is 21.3 Å². The predicted octanol–water partition coefficient (Wildman–Crippen LogP) is 2.95. The lowest BCUT2D eigenvalue weighted by atomic mass is 9.37. The van der Waals surface area contributed by atoms with Crippen molar-refractivity contribution < 1.29 is 4.21 Å². The molecule has 0 spiro atoms. The van der Waals surface area contributed by atoms with Crippen LogP contribution in [0.25, 0.3) is 0 Å². The van der Waals surface area contributed by atoms with Gasteiger partial charge in [-0.3, -0.25) is 4.21 Å². The maximum absolute atomic E-state index is 12.5. The molecule has 0 aromatic carbocycles. The minimum Gasteiger partial charge on any atom is -0.259 e. The van der Waals surface area contributed by atoms with Gasteiger partial charge >= 0.3 is 0 Å². The average molecular weight is 276 g/mol. The van der Waals surface area contributed by atoms with E-state index in [4.69, 9.17) is 23.5 Å².